The topological polar surface area (TPSA) is 47.6 Å². The lowest BCUT2D eigenvalue weighted by Gasteiger charge is -2.58. The van der Waals surface area contributed by atoms with Crippen molar-refractivity contribution in [3.05, 3.63) is 0 Å². The van der Waals surface area contributed by atoms with Gasteiger partial charge in [0.25, 0.3) is 0 Å². The van der Waals surface area contributed by atoms with Gasteiger partial charge >= 0.3 is 0 Å². The van der Waals surface area contributed by atoms with Crippen LogP contribution in [0.5, 0.6) is 0 Å². The molecule has 1 unspecified atom stereocenters. The molecule has 0 aromatic carbocycles. The van der Waals surface area contributed by atoms with E-state index < -0.39 is 0 Å². The van der Waals surface area contributed by atoms with Crippen LogP contribution in [0.3, 0.4) is 0 Å². The number of unbranched alkanes of at least 4 members (excludes halogenated alkanes) is 1. The Morgan fingerprint density at radius 2 is 1.58 bits per heavy atom. The molecule has 0 aliphatic heterocycles. The van der Waals surface area contributed by atoms with Crippen LogP contribution in [0, 0.1) is 57.7 Å². The highest BCUT2D eigenvalue weighted by Gasteiger charge is 2.54. The van der Waals surface area contributed by atoms with Crippen molar-refractivity contribution in [1.82, 2.24) is 0 Å². The molecule has 0 aromatic rings. The summed E-state index contributed by atoms with van der Waals surface area (Å²) in [5.41, 5.74) is -0.181. The van der Waals surface area contributed by atoms with E-state index in [0.717, 1.165) is 36.5 Å². The third-order valence-electron chi connectivity index (χ3n) is 6.20. The standard InChI is InChI=1S/C17H24N2/c1-17(11-19,4-2-3-5-18)16-14-7-12-6-13(9-14)10-15(16)8-12/h12-16H,2-4,6-10H2,1H3. The van der Waals surface area contributed by atoms with Gasteiger partial charge in [-0.2, -0.15) is 10.5 Å². The second-order valence-electron chi connectivity index (χ2n) is 7.50. The molecule has 102 valence electrons. The summed E-state index contributed by atoms with van der Waals surface area (Å²) in [5, 5.41) is 18.5. The van der Waals surface area contributed by atoms with Gasteiger partial charge in [0.2, 0.25) is 0 Å². The van der Waals surface area contributed by atoms with Crippen LogP contribution in [0.4, 0.5) is 0 Å². The quantitative estimate of drug-likeness (QED) is 0.705. The molecule has 2 nitrogen and oxygen atoms in total. The Hall–Kier alpha value is -1.02. The van der Waals surface area contributed by atoms with E-state index in [4.69, 9.17) is 5.26 Å². The number of hydrogen-bond acceptors (Lipinski definition) is 2. The lowest BCUT2D eigenvalue weighted by atomic mass is 9.46. The molecule has 4 bridgehead atoms. The lowest BCUT2D eigenvalue weighted by molar-refractivity contribution is -0.0779. The van der Waals surface area contributed by atoms with Crippen LogP contribution in [0.15, 0.2) is 0 Å². The van der Waals surface area contributed by atoms with E-state index in [2.05, 4.69) is 19.1 Å². The summed E-state index contributed by atoms with van der Waals surface area (Å²) >= 11 is 0. The first-order valence-electron chi connectivity index (χ1n) is 7.94. The summed E-state index contributed by atoms with van der Waals surface area (Å²) in [7, 11) is 0. The van der Waals surface area contributed by atoms with Crippen LogP contribution in [0.1, 0.15) is 58.3 Å². The van der Waals surface area contributed by atoms with Crippen LogP contribution in [0.25, 0.3) is 0 Å². The van der Waals surface area contributed by atoms with E-state index in [1.807, 2.05) is 0 Å². The van der Waals surface area contributed by atoms with Gasteiger partial charge in [0.15, 0.2) is 0 Å². The van der Waals surface area contributed by atoms with Gasteiger partial charge in [0, 0.05) is 6.42 Å². The van der Waals surface area contributed by atoms with E-state index in [0.29, 0.717) is 12.3 Å². The first-order valence-corrected chi connectivity index (χ1v) is 7.94. The molecule has 4 rings (SSSR count). The van der Waals surface area contributed by atoms with Crippen LogP contribution in [0.2, 0.25) is 0 Å². The van der Waals surface area contributed by atoms with Gasteiger partial charge < -0.3 is 0 Å². The van der Waals surface area contributed by atoms with Gasteiger partial charge in [-0.15, -0.1) is 0 Å². The van der Waals surface area contributed by atoms with Gasteiger partial charge in [0.1, 0.15) is 0 Å². The Kier molecular flexibility index (Phi) is 3.30. The Bertz CT molecular complexity index is 400. The molecule has 0 amide bonds. The Labute approximate surface area is 116 Å². The Morgan fingerprint density at radius 1 is 1.00 bits per heavy atom. The summed E-state index contributed by atoms with van der Waals surface area (Å²) in [6, 6.07) is 4.88. The van der Waals surface area contributed by atoms with Gasteiger partial charge in [0.05, 0.1) is 17.6 Å². The minimum atomic E-state index is -0.181. The molecule has 0 spiro atoms. The lowest BCUT2D eigenvalue weighted by Crippen LogP contribution is -2.50. The molecule has 0 aromatic heterocycles. The zero-order chi connectivity index (χ0) is 13.5. The summed E-state index contributed by atoms with van der Waals surface area (Å²) in [6.45, 7) is 2.18. The van der Waals surface area contributed by atoms with Crippen molar-refractivity contribution in [2.24, 2.45) is 35.0 Å². The fraction of sp³-hybridized carbons (Fsp3) is 0.882. The van der Waals surface area contributed by atoms with Crippen LogP contribution < -0.4 is 0 Å². The van der Waals surface area contributed by atoms with Gasteiger partial charge in [-0.05, 0) is 81.5 Å². The first kappa shape index (κ1) is 13.0. The van der Waals surface area contributed by atoms with Crippen molar-refractivity contribution in [2.45, 2.75) is 58.3 Å². The monoisotopic (exact) mass is 256 g/mol. The summed E-state index contributed by atoms with van der Waals surface area (Å²) in [5.74, 6) is 4.18. The molecule has 0 radical (unpaired) electrons. The number of hydrogen-bond donors (Lipinski definition) is 0. The van der Waals surface area contributed by atoms with Crippen molar-refractivity contribution in [2.75, 3.05) is 0 Å². The van der Waals surface area contributed by atoms with Crippen molar-refractivity contribution in [3.8, 4) is 12.1 Å². The average Bonchev–Trinajstić information content (AvgIpc) is 2.37. The summed E-state index contributed by atoms with van der Waals surface area (Å²) in [6.07, 6.45) is 9.41. The molecular formula is C17H24N2. The Morgan fingerprint density at radius 3 is 2.05 bits per heavy atom. The second-order valence-corrected chi connectivity index (χ2v) is 7.50. The zero-order valence-corrected chi connectivity index (χ0v) is 11.9. The summed E-state index contributed by atoms with van der Waals surface area (Å²) in [4.78, 5) is 0. The highest BCUT2D eigenvalue weighted by Crippen LogP contribution is 2.61. The second kappa shape index (κ2) is 4.82. The fourth-order valence-corrected chi connectivity index (χ4v) is 5.80. The maximum absolute atomic E-state index is 9.74. The number of nitriles is 2. The molecular weight excluding hydrogens is 232 g/mol. The zero-order valence-electron chi connectivity index (χ0n) is 11.9. The highest BCUT2D eigenvalue weighted by molar-refractivity contribution is 5.10. The van der Waals surface area contributed by atoms with E-state index in [9.17, 15) is 5.26 Å². The van der Waals surface area contributed by atoms with Crippen LogP contribution in [-0.2, 0) is 0 Å². The number of nitrogens with zero attached hydrogens (tertiary/aromatic N) is 2. The molecule has 0 saturated heterocycles. The molecule has 1 atom stereocenters. The van der Waals surface area contributed by atoms with Crippen molar-refractivity contribution in [3.63, 3.8) is 0 Å². The maximum atomic E-state index is 9.74. The molecule has 4 aliphatic rings. The molecule has 4 saturated carbocycles. The molecule has 0 N–H and O–H groups in total. The fourth-order valence-electron chi connectivity index (χ4n) is 5.80. The largest absolute Gasteiger partial charge is 0.198 e. The third kappa shape index (κ3) is 2.16. The number of rotatable bonds is 4. The Balaban J connectivity index is 1.76. The van der Waals surface area contributed by atoms with Crippen molar-refractivity contribution >= 4 is 0 Å². The molecule has 2 heteroatoms. The van der Waals surface area contributed by atoms with E-state index in [1.54, 1.807) is 0 Å². The predicted octanol–water partition coefficient (Wildman–Crippen LogP) is 4.28. The molecule has 0 heterocycles. The normalized spacial score (nSPS) is 42.4. The molecule has 4 fully saturated rings. The predicted molar refractivity (Wildman–Crippen MR) is 73.7 cm³/mol. The minimum Gasteiger partial charge on any atom is -0.198 e. The van der Waals surface area contributed by atoms with Gasteiger partial charge in [-0.3, -0.25) is 0 Å². The molecule has 4 aliphatic carbocycles. The van der Waals surface area contributed by atoms with Crippen LogP contribution >= 0.6 is 0 Å². The van der Waals surface area contributed by atoms with Gasteiger partial charge in [-0.1, -0.05) is 0 Å². The first-order chi connectivity index (χ1) is 9.16. The SMILES string of the molecule is CC(C#N)(CCCC#N)C1C2CC3CC(C2)CC1C3. The smallest absolute Gasteiger partial charge is 0.0689 e. The van der Waals surface area contributed by atoms with Gasteiger partial charge in [-0.25, -0.2) is 0 Å². The van der Waals surface area contributed by atoms with Crippen LogP contribution in [-0.4, -0.2) is 0 Å². The average molecular weight is 256 g/mol. The van der Waals surface area contributed by atoms with E-state index >= 15 is 0 Å². The maximum Gasteiger partial charge on any atom is 0.0689 e. The minimum absolute atomic E-state index is 0.181. The van der Waals surface area contributed by atoms with Crippen molar-refractivity contribution in [1.29, 1.82) is 10.5 Å². The van der Waals surface area contributed by atoms with Crippen molar-refractivity contribution < 1.29 is 0 Å². The van der Waals surface area contributed by atoms with E-state index in [-0.39, 0.29) is 5.41 Å². The highest BCUT2D eigenvalue weighted by atomic mass is 14.6. The van der Waals surface area contributed by atoms with E-state index in [1.165, 1.54) is 32.1 Å². The summed E-state index contributed by atoms with van der Waals surface area (Å²) < 4.78 is 0. The molecule has 19 heavy (non-hydrogen) atoms. The third-order valence-corrected chi connectivity index (χ3v) is 6.20.